The van der Waals surface area contributed by atoms with Gasteiger partial charge in [0.1, 0.15) is 5.60 Å². The van der Waals surface area contributed by atoms with Crippen LogP contribution in [0.15, 0.2) is 23.2 Å². The Morgan fingerprint density at radius 3 is 2.20 bits per heavy atom. The fourth-order valence-corrected chi connectivity index (χ4v) is 1.19. The minimum absolute atomic E-state index is 0.105. The summed E-state index contributed by atoms with van der Waals surface area (Å²) in [6, 6.07) is 0. The summed E-state index contributed by atoms with van der Waals surface area (Å²) in [5.41, 5.74) is 0.409. The molecule has 88 valence electrons. The molecule has 0 fully saturated rings. The molecule has 0 rings (SSSR count). The summed E-state index contributed by atoms with van der Waals surface area (Å²) in [6.07, 6.45) is 2.37. The number of hydrogen-bond donors (Lipinski definition) is 2. The molecule has 3 nitrogen and oxygen atoms in total. The molecule has 0 heterocycles. The molecule has 0 unspecified atom stereocenters. The van der Waals surface area contributed by atoms with E-state index in [0.717, 1.165) is 11.3 Å². The summed E-state index contributed by atoms with van der Waals surface area (Å²) in [5, 5.41) is 18.0. The van der Waals surface area contributed by atoms with Gasteiger partial charge in [-0.15, -0.1) is 0 Å². The summed E-state index contributed by atoms with van der Waals surface area (Å²) in [4.78, 5) is 0. The lowest BCUT2D eigenvalue weighted by Gasteiger charge is -2.26. The van der Waals surface area contributed by atoms with E-state index < -0.39 is 0 Å². The van der Waals surface area contributed by atoms with Gasteiger partial charge in [0.05, 0.1) is 11.5 Å². The van der Waals surface area contributed by atoms with Crippen LogP contribution in [0.5, 0.6) is 0 Å². The predicted octanol–water partition coefficient (Wildman–Crippen LogP) is 2.92. The second-order valence-corrected chi connectivity index (χ2v) is 4.36. The highest BCUT2D eigenvalue weighted by Gasteiger charge is 2.18. The highest BCUT2D eigenvalue weighted by molar-refractivity contribution is 5.20. The summed E-state index contributed by atoms with van der Waals surface area (Å²) >= 11 is 0. The zero-order valence-electron chi connectivity index (χ0n) is 10.3. The summed E-state index contributed by atoms with van der Waals surface area (Å²) in [6.45, 7) is 9.25. The van der Waals surface area contributed by atoms with Crippen LogP contribution in [0.3, 0.4) is 0 Å². The van der Waals surface area contributed by atoms with Crippen molar-refractivity contribution in [1.29, 1.82) is 0 Å². The van der Waals surface area contributed by atoms with Gasteiger partial charge in [-0.1, -0.05) is 0 Å². The Morgan fingerprint density at radius 1 is 1.27 bits per heavy atom. The first kappa shape index (κ1) is 14.0. The molecule has 0 bridgehead atoms. The van der Waals surface area contributed by atoms with Gasteiger partial charge in [0.25, 0.3) is 0 Å². The molecule has 3 heteroatoms. The predicted molar refractivity (Wildman–Crippen MR) is 61.6 cm³/mol. The van der Waals surface area contributed by atoms with Crippen molar-refractivity contribution in [3.8, 4) is 0 Å². The van der Waals surface area contributed by atoms with Crippen molar-refractivity contribution in [2.75, 3.05) is 6.61 Å². The average molecular weight is 214 g/mol. The van der Waals surface area contributed by atoms with Crippen molar-refractivity contribution in [3.05, 3.63) is 23.2 Å². The van der Waals surface area contributed by atoms with Crippen molar-refractivity contribution < 1.29 is 14.9 Å². The number of hydrogen-bond acceptors (Lipinski definition) is 3. The van der Waals surface area contributed by atoms with E-state index in [4.69, 9.17) is 9.84 Å². The molecule has 0 amide bonds. The number of aliphatic hydroxyl groups excluding tert-OH is 2. The molecule has 2 N–H and O–H groups in total. The van der Waals surface area contributed by atoms with Gasteiger partial charge >= 0.3 is 0 Å². The van der Waals surface area contributed by atoms with Gasteiger partial charge in [0.15, 0.2) is 0 Å². The number of aliphatic hydroxyl groups is 2. The van der Waals surface area contributed by atoms with Crippen LogP contribution < -0.4 is 0 Å². The van der Waals surface area contributed by atoms with Crippen molar-refractivity contribution >= 4 is 0 Å². The first-order valence-electron chi connectivity index (χ1n) is 5.13. The molecular weight excluding hydrogens is 192 g/mol. The van der Waals surface area contributed by atoms with E-state index in [0.29, 0.717) is 6.42 Å². The smallest absolute Gasteiger partial charge is 0.105 e. The molecule has 0 spiro atoms. The molecule has 0 aliphatic heterocycles. The normalized spacial score (nSPS) is 14.9. The number of ether oxygens (including phenoxy) is 1. The maximum absolute atomic E-state index is 9.21. The maximum Gasteiger partial charge on any atom is 0.105 e. The van der Waals surface area contributed by atoms with E-state index in [1.165, 1.54) is 0 Å². The van der Waals surface area contributed by atoms with Gasteiger partial charge in [-0.05, 0) is 46.3 Å². The van der Waals surface area contributed by atoms with Crippen LogP contribution in [0.4, 0.5) is 0 Å². The zero-order chi connectivity index (χ0) is 12.1. The quantitative estimate of drug-likeness (QED) is 0.546. The van der Waals surface area contributed by atoms with Gasteiger partial charge in [-0.25, -0.2) is 0 Å². The summed E-state index contributed by atoms with van der Waals surface area (Å²) < 4.78 is 5.65. The Labute approximate surface area is 92.1 Å². The molecule has 0 aromatic carbocycles. The van der Waals surface area contributed by atoms with E-state index in [-0.39, 0.29) is 18.0 Å². The molecule has 0 aliphatic carbocycles. The first-order valence-corrected chi connectivity index (χ1v) is 5.13. The van der Waals surface area contributed by atoms with Gasteiger partial charge in [0.2, 0.25) is 0 Å². The van der Waals surface area contributed by atoms with E-state index in [9.17, 15) is 5.11 Å². The molecule has 0 aromatic heterocycles. The third-order valence-electron chi connectivity index (χ3n) is 2.14. The fourth-order valence-electron chi connectivity index (χ4n) is 1.19. The van der Waals surface area contributed by atoms with E-state index in [1.54, 1.807) is 13.0 Å². The second kappa shape index (κ2) is 5.81. The lowest BCUT2D eigenvalue weighted by atomic mass is 10.1. The van der Waals surface area contributed by atoms with Crippen molar-refractivity contribution in [2.24, 2.45) is 0 Å². The Hall–Kier alpha value is -0.960. The van der Waals surface area contributed by atoms with Crippen molar-refractivity contribution in [3.63, 3.8) is 0 Å². The standard InChI is InChI=1S/C12H22O3/c1-9(11(3)14)8-10(2)15-12(4,5)6-7-13/h8,13-14H,6-7H2,1-5H3/b10-8+,11-9+. The highest BCUT2D eigenvalue weighted by Crippen LogP contribution is 2.19. The Balaban J connectivity index is 4.49. The van der Waals surface area contributed by atoms with Gasteiger partial charge in [-0.2, -0.15) is 0 Å². The van der Waals surface area contributed by atoms with Gasteiger partial charge in [0, 0.05) is 13.0 Å². The molecule has 0 atom stereocenters. The third kappa shape index (κ3) is 6.18. The SMILES string of the molecule is C/C(=C\C(C)=C(/C)O)OC(C)(C)CCO. The summed E-state index contributed by atoms with van der Waals surface area (Å²) in [7, 11) is 0. The third-order valence-corrected chi connectivity index (χ3v) is 2.14. The lowest BCUT2D eigenvalue weighted by Crippen LogP contribution is -2.24. The largest absolute Gasteiger partial charge is 0.512 e. The topological polar surface area (TPSA) is 49.7 Å². The summed E-state index contributed by atoms with van der Waals surface area (Å²) in [5.74, 6) is 1.03. The second-order valence-electron chi connectivity index (χ2n) is 4.36. The molecule has 0 aromatic rings. The van der Waals surface area contributed by atoms with Crippen molar-refractivity contribution in [1.82, 2.24) is 0 Å². The minimum Gasteiger partial charge on any atom is -0.512 e. The van der Waals surface area contributed by atoms with Gasteiger partial charge < -0.3 is 14.9 Å². The number of rotatable bonds is 5. The minimum atomic E-state index is -0.376. The maximum atomic E-state index is 9.21. The van der Waals surface area contributed by atoms with Crippen LogP contribution in [-0.4, -0.2) is 22.4 Å². The van der Waals surface area contributed by atoms with Crippen LogP contribution in [0.2, 0.25) is 0 Å². The van der Waals surface area contributed by atoms with Crippen LogP contribution in [0.1, 0.15) is 41.0 Å². The lowest BCUT2D eigenvalue weighted by molar-refractivity contribution is 0.0147. The Bertz CT molecular complexity index is 258. The molecule has 0 aliphatic rings. The Morgan fingerprint density at radius 2 is 1.80 bits per heavy atom. The Kier molecular flexibility index (Phi) is 5.44. The molecular formula is C12H22O3. The zero-order valence-corrected chi connectivity index (χ0v) is 10.3. The van der Waals surface area contributed by atoms with Crippen LogP contribution >= 0.6 is 0 Å². The number of allylic oxidation sites excluding steroid dienone is 4. The monoisotopic (exact) mass is 214 g/mol. The molecule has 0 radical (unpaired) electrons. The van der Waals surface area contributed by atoms with Crippen LogP contribution in [-0.2, 0) is 4.74 Å². The molecule has 0 saturated heterocycles. The molecule has 0 saturated carbocycles. The average Bonchev–Trinajstić information content (AvgIpc) is 2.01. The van der Waals surface area contributed by atoms with E-state index in [1.807, 2.05) is 27.7 Å². The highest BCUT2D eigenvalue weighted by atomic mass is 16.5. The van der Waals surface area contributed by atoms with Crippen LogP contribution in [0.25, 0.3) is 0 Å². The van der Waals surface area contributed by atoms with Gasteiger partial charge in [-0.3, -0.25) is 0 Å². The first-order chi connectivity index (χ1) is 6.78. The van der Waals surface area contributed by atoms with E-state index in [2.05, 4.69) is 0 Å². The van der Waals surface area contributed by atoms with Crippen molar-refractivity contribution in [2.45, 2.75) is 46.6 Å². The fraction of sp³-hybridized carbons (Fsp3) is 0.667. The molecule has 15 heavy (non-hydrogen) atoms. The van der Waals surface area contributed by atoms with E-state index >= 15 is 0 Å². The van der Waals surface area contributed by atoms with Crippen LogP contribution in [0, 0.1) is 0 Å².